The zero-order valence-electron chi connectivity index (χ0n) is 13.2. The molecule has 0 saturated carbocycles. The monoisotopic (exact) mass is 399 g/mol. The average Bonchev–Trinajstić information content (AvgIpc) is 3.10. The van der Waals surface area contributed by atoms with Gasteiger partial charge >= 0.3 is 0 Å². The summed E-state index contributed by atoms with van der Waals surface area (Å²) in [4.78, 5) is 11.9. The first kappa shape index (κ1) is 17.1. The molecule has 0 spiro atoms. The van der Waals surface area contributed by atoms with Crippen LogP contribution in [0.4, 0.5) is 4.39 Å². The van der Waals surface area contributed by atoms with Crippen molar-refractivity contribution in [1.82, 2.24) is 15.1 Å². The molecule has 1 heterocycles. The van der Waals surface area contributed by atoms with Gasteiger partial charge in [-0.3, -0.25) is 4.79 Å². The summed E-state index contributed by atoms with van der Waals surface area (Å²) >= 11 is 3.33. The first-order valence-corrected chi connectivity index (χ1v) is 8.41. The van der Waals surface area contributed by atoms with E-state index in [9.17, 15) is 9.18 Å². The molecule has 2 aromatic carbocycles. The van der Waals surface area contributed by atoms with Crippen molar-refractivity contribution in [3.63, 3.8) is 0 Å². The van der Waals surface area contributed by atoms with Gasteiger partial charge in [0.1, 0.15) is 5.82 Å². The molecule has 3 aromatic rings. The number of nitrogens with one attached hydrogen (secondary N) is 1. The van der Waals surface area contributed by atoms with Gasteiger partial charge in [-0.05, 0) is 42.0 Å². The van der Waals surface area contributed by atoms with Crippen molar-refractivity contribution in [3.8, 4) is 5.69 Å². The minimum atomic E-state index is -0.337. The molecule has 0 aliphatic carbocycles. The Morgan fingerprint density at radius 2 is 2.04 bits per heavy atom. The lowest BCUT2D eigenvalue weighted by Gasteiger charge is -2.05. The smallest absolute Gasteiger partial charge is 0.244 e. The minimum absolute atomic E-state index is 0.241. The first-order valence-electron chi connectivity index (χ1n) is 7.62. The second-order valence-corrected chi connectivity index (χ2v) is 6.19. The third kappa shape index (κ3) is 4.64. The molecule has 0 aliphatic heterocycles. The van der Waals surface area contributed by atoms with E-state index < -0.39 is 0 Å². The van der Waals surface area contributed by atoms with E-state index in [-0.39, 0.29) is 18.3 Å². The van der Waals surface area contributed by atoms with Crippen LogP contribution in [-0.2, 0) is 11.3 Å². The zero-order chi connectivity index (χ0) is 17.6. The van der Waals surface area contributed by atoms with Gasteiger partial charge in [-0.1, -0.05) is 34.1 Å². The summed E-state index contributed by atoms with van der Waals surface area (Å²) in [5.41, 5.74) is 2.44. The highest BCUT2D eigenvalue weighted by Gasteiger charge is 2.04. The average molecular weight is 400 g/mol. The predicted octanol–water partition coefficient (Wildman–Crippen LogP) is 4.10. The Morgan fingerprint density at radius 1 is 1.24 bits per heavy atom. The molecule has 1 N–H and O–H groups in total. The molecule has 0 atom stereocenters. The quantitative estimate of drug-likeness (QED) is 0.656. The number of para-hydroxylation sites is 1. The van der Waals surface area contributed by atoms with E-state index in [0.29, 0.717) is 5.56 Å². The summed E-state index contributed by atoms with van der Waals surface area (Å²) in [5, 5.41) is 6.99. The molecule has 0 fully saturated rings. The standard InChI is InChI=1S/C19H15BrFN3O/c20-18-8-7-16(21)10-15(18)12-22-19(25)9-6-14-11-23-24(13-14)17-4-2-1-3-5-17/h1-11,13H,12H2,(H,22,25)/b9-6+. The van der Waals surface area contributed by atoms with Crippen LogP contribution >= 0.6 is 15.9 Å². The Morgan fingerprint density at radius 3 is 2.84 bits per heavy atom. The van der Waals surface area contributed by atoms with Crippen LogP contribution in [-0.4, -0.2) is 15.7 Å². The molecule has 3 rings (SSSR count). The molecule has 1 amide bonds. The van der Waals surface area contributed by atoms with Crippen LogP contribution in [0.25, 0.3) is 11.8 Å². The fourth-order valence-electron chi connectivity index (χ4n) is 2.24. The first-order chi connectivity index (χ1) is 12.1. The number of rotatable bonds is 5. The number of carbonyl (C=O) groups is 1. The molecule has 0 bridgehead atoms. The van der Waals surface area contributed by atoms with Crippen LogP contribution < -0.4 is 5.32 Å². The van der Waals surface area contributed by atoms with Crippen LogP contribution in [0.3, 0.4) is 0 Å². The molecule has 126 valence electrons. The van der Waals surface area contributed by atoms with Crippen LogP contribution in [0.1, 0.15) is 11.1 Å². The number of hydrogen-bond donors (Lipinski definition) is 1. The molecule has 4 nitrogen and oxygen atoms in total. The van der Waals surface area contributed by atoms with Crippen molar-refractivity contribution in [3.05, 3.63) is 88.4 Å². The third-order valence-electron chi connectivity index (χ3n) is 3.51. The van der Waals surface area contributed by atoms with E-state index in [2.05, 4.69) is 26.3 Å². The lowest BCUT2D eigenvalue weighted by molar-refractivity contribution is -0.116. The number of hydrogen-bond acceptors (Lipinski definition) is 2. The van der Waals surface area contributed by atoms with Gasteiger partial charge in [0, 0.05) is 28.9 Å². The number of benzene rings is 2. The molecule has 0 saturated heterocycles. The van der Waals surface area contributed by atoms with Gasteiger partial charge in [0.25, 0.3) is 0 Å². The summed E-state index contributed by atoms with van der Waals surface area (Å²) in [6.07, 6.45) is 6.63. The van der Waals surface area contributed by atoms with Gasteiger partial charge < -0.3 is 5.32 Å². The van der Waals surface area contributed by atoms with Crippen molar-refractivity contribution < 1.29 is 9.18 Å². The summed E-state index contributed by atoms with van der Waals surface area (Å²) in [5.74, 6) is -0.597. The SMILES string of the molecule is O=C(/C=C/c1cnn(-c2ccccc2)c1)NCc1cc(F)ccc1Br. The van der Waals surface area contributed by atoms with E-state index in [1.165, 1.54) is 18.2 Å². The van der Waals surface area contributed by atoms with Gasteiger partial charge in [0.05, 0.1) is 11.9 Å². The maximum absolute atomic E-state index is 13.2. The highest BCUT2D eigenvalue weighted by atomic mass is 79.9. The predicted molar refractivity (Wildman–Crippen MR) is 98.5 cm³/mol. The van der Waals surface area contributed by atoms with Crippen LogP contribution in [0.15, 0.2) is 71.5 Å². The van der Waals surface area contributed by atoms with Crippen LogP contribution in [0, 0.1) is 5.82 Å². The molecule has 0 aliphatic rings. The van der Waals surface area contributed by atoms with E-state index >= 15 is 0 Å². The normalized spacial score (nSPS) is 11.0. The summed E-state index contributed by atoms with van der Waals surface area (Å²) < 4.78 is 15.7. The maximum atomic E-state index is 13.2. The Balaban J connectivity index is 1.59. The van der Waals surface area contributed by atoms with Crippen LogP contribution in [0.5, 0.6) is 0 Å². The second-order valence-electron chi connectivity index (χ2n) is 5.34. The number of amides is 1. The van der Waals surface area contributed by atoms with E-state index in [1.54, 1.807) is 23.0 Å². The number of carbonyl (C=O) groups excluding carboxylic acids is 1. The molecule has 0 radical (unpaired) electrons. The summed E-state index contributed by atoms with van der Waals surface area (Å²) in [6, 6.07) is 14.1. The zero-order valence-corrected chi connectivity index (χ0v) is 14.8. The van der Waals surface area contributed by atoms with Gasteiger partial charge in [0.15, 0.2) is 0 Å². The fraction of sp³-hybridized carbons (Fsp3) is 0.0526. The molecular formula is C19H15BrFN3O. The van der Waals surface area contributed by atoms with Crippen molar-refractivity contribution in [2.24, 2.45) is 0 Å². The Hall–Kier alpha value is -2.73. The molecule has 1 aromatic heterocycles. The number of nitrogens with zero attached hydrogens (tertiary/aromatic N) is 2. The van der Waals surface area contributed by atoms with Gasteiger partial charge in [-0.15, -0.1) is 0 Å². The number of halogens is 2. The van der Waals surface area contributed by atoms with Gasteiger partial charge in [-0.25, -0.2) is 9.07 Å². The van der Waals surface area contributed by atoms with Crippen molar-refractivity contribution in [1.29, 1.82) is 0 Å². The Kier molecular flexibility index (Phi) is 5.40. The highest BCUT2D eigenvalue weighted by molar-refractivity contribution is 9.10. The summed E-state index contributed by atoms with van der Waals surface area (Å²) in [7, 11) is 0. The topological polar surface area (TPSA) is 46.9 Å². The molecule has 25 heavy (non-hydrogen) atoms. The maximum Gasteiger partial charge on any atom is 0.244 e. The van der Waals surface area contributed by atoms with Crippen molar-refractivity contribution in [2.75, 3.05) is 0 Å². The van der Waals surface area contributed by atoms with E-state index in [0.717, 1.165) is 15.7 Å². The second kappa shape index (κ2) is 7.90. The van der Waals surface area contributed by atoms with Crippen LogP contribution in [0.2, 0.25) is 0 Å². The van der Waals surface area contributed by atoms with E-state index in [4.69, 9.17) is 0 Å². The molecule has 6 heteroatoms. The van der Waals surface area contributed by atoms with Crippen molar-refractivity contribution >= 4 is 27.9 Å². The largest absolute Gasteiger partial charge is 0.348 e. The lowest BCUT2D eigenvalue weighted by Crippen LogP contribution is -2.20. The lowest BCUT2D eigenvalue weighted by atomic mass is 10.2. The fourth-order valence-corrected chi connectivity index (χ4v) is 2.62. The van der Waals surface area contributed by atoms with Gasteiger partial charge in [0.2, 0.25) is 5.91 Å². The highest BCUT2D eigenvalue weighted by Crippen LogP contribution is 2.17. The Bertz CT molecular complexity index is 906. The minimum Gasteiger partial charge on any atom is -0.348 e. The van der Waals surface area contributed by atoms with Gasteiger partial charge in [-0.2, -0.15) is 5.10 Å². The Labute approximate surface area is 153 Å². The van der Waals surface area contributed by atoms with E-state index in [1.807, 2.05) is 36.5 Å². The molecular weight excluding hydrogens is 385 g/mol. The summed E-state index contributed by atoms with van der Waals surface area (Å²) in [6.45, 7) is 0.241. The van der Waals surface area contributed by atoms with Crippen molar-refractivity contribution in [2.45, 2.75) is 6.54 Å². The molecule has 0 unspecified atom stereocenters. The third-order valence-corrected chi connectivity index (χ3v) is 4.28. The number of aromatic nitrogens is 2.